The van der Waals surface area contributed by atoms with Crippen LogP contribution in [0.25, 0.3) is 5.65 Å². The van der Waals surface area contributed by atoms with E-state index in [0.717, 1.165) is 6.42 Å². The maximum absolute atomic E-state index is 12.9. The van der Waals surface area contributed by atoms with E-state index in [1.54, 1.807) is 45.8 Å². The third-order valence-electron chi connectivity index (χ3n) is 5.87. The van der Waals surface area contributed by atoms with Crippen LogP contribution in [-0.2, 0) is 9.53 Å². The normalized spacial score (nSPS) is 22.6. The van der Waals surface area contributed by atoms with E-state index in [1.807, 2.05) is 7.05 Å². The van der Waals surface area contributed by atoms with Crippen LogP contribution in [0.5, 0.6) is 0 Å². The predicted molar refractivity (Wildman–Crippen MR) is 101 cm³/mol. The number of pyridine rings is 1. The number of likely N-dealkylation sites (tertiary alicyclic amines) is 2. The number of aromatic nitrogens is 2. The van der Waals surface area contributed by atoms with Crippen molar-refractivity contribution in [2.24, 2.45) is 5.41 Å². The van der Waals surface area contributed by atoms with Crippen molar-refractivity contribution >= 4 is 29.1 Å². The summed E-state index contributed by atoms with van der Waals surface area (Å²) in [5.74, 6) is 0.0647. The SMILES string of the molecule is COC1CN(C)C(=O)C2(CCN(C(=O)c3cn4cc(Cl)ccc4n3)CC2)C1. The fraction of sp³-hybridized carbons (Fsp3) is 0.526. The number of carbonyl (C=O) groups is 2. The number of imidazole rings is 1. The van der Waals surface area contributed by atoms with Gasteiger partial charge in [0, 0.05) is 46.2 Å². The zero-order chi connectivity index (χ0) is 19.2. The molecule has 0 aliphatic carbocycles. The van der Waals surface area contributed by atoms with E-state index in [4.69, 9.17) is 16.3 Å². The van der Waals surface area contributed by atoms with Gasteiger partial charge >= 0.3 is 0 Å². The van der Waals surface area contributed by atoms with E-state index in [-0.39, 0.29) is 17.9 Å². The summed E-state index contributed by atoms with van der Waals surface area (Å²) >= 11 is 6.00. The first-order valence-corrected chi connectivity index (χ1v) is 9.51. The number of piperidine rings is 2. The zero-order valence-electron chi connectivity index (χ0n) is 15.5. The molecule has 0 radical (unpaired) electrons. The number of carbonyl (C=O) groups excluding carboxylic acids is 2. The lowest BCUT2D eigenvalue weighted by Gasteiger charge is -2.47. The Morgan fingerprint density at radius 1 is 1.30 bits per heavy atom. The van der Waals surface area contributed by atoms with Gasteiger partial charge in [0.05, 0.1) is 16.5 Å². The van der Waals surface area contributed by atoms with E-state index < -0.39 is 5.41 Å². The first-order chi connectivity index (χ1) is 12.9. The highest BCUT2D eigenvalue weighted by Crippen LogP contribution is 2.41. The van der Waals surface area contributed by atoms with Gasteiger partial charge in [0.25, 0.3) is 5.91 Å². The van der Waals surface area contributed by atoms with E-state index >= 15 is 0 Å². The molecule has 0 aromatic carbocycles. The van der Waals surface area contributed by atoms with Crippen LogP contribution >= 0.6 is 11.6 Å². The Balaban J connectivity index is 1.49. The molecular formula is C19H23ClN4O3. The summed E-state index contributed by atoms with van der Waals surface area (Å²) in [6.45, 7) is 1.72. The van der Waals surface area contributed by atoms with Crippen molar-refractivity contribution in [1.82, 2.24) is 19.2 Å². The Morgan fingerprint density at radius 2 is 2.04 bits per heavy atom. The molecule has 1 atom stereocenters. The molecule has 27 heavy (non-hydrogen) atoms. The molecule has 2 fully saturated rings. The molecule has 0 N–H and O–H groups in total. The number of nitrogens with zero attached hydrogens (tertiary/aromatic N) is 4. The first kappa shape index (κ1) is 18.3. The van der Waals surface area contributed by atoms with Crippen LogP contribution in [0.4, 0.5) is 0 Å². The molecule has 7 nitrogen and oxygen atoms in total. The van der Waals surface area contributed by atoms with E-state index in [9.17, 15) is 9.59 Å². The fourth-order valence-corrected chi connectivity index (χ4v) is 4.49. The van der Waals surface area contributed by atoms with Crippen molar-refractivity contribution in [3.05, 3.63) is 35.2 Å². The number of hydrogen-bond donors (Lipinski definition) is 0. The summed E-state index contributed by atoms with van der Waals surface area (Å²) in [7, 11) is 3.52. The summed E-state index contributed by atoms with van der Waals surface area (Å²) in [5, 5.41) is 0.589. The summed E-state index contributed by atoms with van der Waals surface area (Å²) in [6.07, 6.45) is 5.52. The molecule has 2 aromatic heterocycles. The molecule has 2 amide bonds. The van der Waals surface area contributed by atoms with Crippen molar-refractivity contribution in [3.8, 4) is 0 Å². The number of hydrogen-bond acceptors (Lipinski definition) is 4. The van der Waals surface area contributed by atoms with Crippen LogP contribution in [0.2, 0.25) is 5.02 Å². The van der Waals surface area contributed by atoms with Crippen molar-refractivity contribution in [1.29, 1.82) is 0 Å². The third-order valence-corrected chi connectivity index (χ3v) is 6.10. The van der Waals surface area contributed by atoms with Crippen LogP contribution in [0.3, 0.4) is 0 Å². The quantitative estimate of drug-likeness (QED) is 0.787. The minimum Gasteiger partial charge on any atom is -0.380 e. The standard InChI is InChI=1S/C19H23ClN4O3/c1-22-11-14(27-2)9-19(18(22)26)5-7-23(8-6-19)17(25)15-12-24-10-13(20)3-4-16(24)21-15/h3-4,10,12,14H,5-9,11H2,1-2H3. The molecule has 2 aliphatic heterocycles. The number of amides is 2. The van der Waals surface area contributed by atoms with Gasteiger partial charge < -0.3 is 18.9 Å². The number of methoxy groups -OCH3 is 1. The van der Waals surface area contributed by atoms with Gasteiger partial charge in [0.15, 0.2) is 0 Å². The molecule has 0 saturated carbocycles. The molecule has 2 aromatic rings. The second-order valence-corrected chi connectivity index (χ2v) is 8.00. The topological polar surface area (TPSA) is 67.2 Å². The van der Waals surface area contributed by atoms with Crippen molar-refractivity contribution < 1.29 is 14.3 Å². The van der Waals surface area contributed by atoms with Gasteiger partial charge in [-0.3, -0.25) is 9.59 Å². The Hall–Kier alpha value is -2.12. The monoisotopic (exact) mass is 390 g/mol. The molecule has 4 rings (SSSR count). The minimum absolute atomic E-state index is 0.0538. The van der Waals surface area contributed by atoms with Gasteiger partial charge in [-0.15, -0.1) is 0 Å². The molecule has 4 heterocycles. The molecule has 8 heteroatoms. The summed E-state index contributed by atoms with van der Waals surface area (Å²) in [4.78, 5) is 33.6. The summed E-state index contributed by atoms with van der Waals surface area (Å²) in [5.41, 5.74) is 0.662. The number of fused-ring (bicyclic) bond motifs is 1. The maximum Gasteiger partial charge on any atom is 0.274 e. The van der Waals surface area contributed by atoms with Crippen LogP contribution < -0.4 is 0 Å². The number of rotatable bonds is 2. The smallest absolute Gasteiger partial charge is 0.274 e. The summed E-state index contributed by atoms with van der Waals surface area (Å²) in [6, 6.07) is 3.53. The van der Waals surface area contributed by atoms with Crippen molar-refractivity contribution in [2.45, 2.75) is 25.4 Å². The minimum atomic E-state index is -0.420. The lowest BCUT2D eigenvalue weighted by atomic mass is 9.71. The molecular weight excluding hydrogens is 368 g/mol. The van der Waals surface area contributed by atoms with Crippen LogP contribution in [-0.4, -0.2) is 70.9 Å². The van der Waals surface area contributed by atoms with Crippen LogP contribution in [0.1, 0.15) is 29.8 Å². The largest absolute Gasteiger partial charge is 0.380 e. The van der Waals surface area contributed by atoms with Crippen molar-refractivity contribution in [3.63, 3.8) is 0 Å². The van der Waals surface area contributed by atoms with Gasteiger partial charge in [0.2, 0.25) is 5.91 Å². The number of likely N-dealkylation sites (N-methyl/N-ethyl adjacent to an activating group) is 1. The lowest BCUT2D eigenvalue weighted by molar-refractivity contribution is -0.155. The highest BCUT2D eigenvalue weighted by molar-refractivity contribution is 6.30. The fourth-order valence-electron chi connectivity index (χ4n) is 4.32. The molecule has 1 unspecified atom stereocenters. The van der Waals surface area contributed by atoms with E-state index in [2.05, 4.69) is 4.98 Å². The van der Waals surface area contributed by atoms with Crippen molar-refractivity contribution in [2.75, 3.05) is 33.8 Å². The van der Waals surface area contributed by atoms with Gasteiger partial charge in [-0.05, 0) is 31.4 Å². The van der Waals surface area contributed by atoms with Crippen LogP contribution in [0, 0.1) is 5.41 Å². The van der Waals surface area contributed by atoms with E-state index in [0.29, 0.717) is 48.8 Å². The van der Waals surface area contributed by atoms with Gasteiger partial charge in [-0.2, -0.15) is 0 Å². The van der Waals surface area contributed by atoms with Gasteiger partial charge in [-0.1, -0.05) is 11.6 Å². The third kappa shape index (κ3) is 3.19. The Kier molecular flexibility index (Phi) is 4.60. The second kappa shape index (κ2) is 6.80. The molecule has 2 aliphatic rings. The van der Waals surface area contributed by atoms with Gasteiger partial charge in [0.1, 0.15) is 11.3 Å². The lowest BCUT2D eigenvalue weighted by Crippen LogP contribution is -2.57. The predicted octanol–water partition coefficient (Wildman–Crippen LogP) is 2.09. The van der Waals surface area contributed by atoms with Crippen LogP contribution in [0.15, 0.2) is 24.5 Å². The second-order valence-electron chi connectivity index (χ2n) is 7.56. The molecule has 2 saturated heterocycles. The highest BCUT2D eigenvalue weighted by atomic mass is 35.5. The molecule has 1 spiro atoms. The Bertz CT molecular complexity index is 888. The van der Waals surface area contributed by atoms with E-state index in [1.165, 1.54) is 0 Å². The number of ether oxygens (including phenoxy) is 1. The molecule has 144 valence electrons. The first-order valence-electron chi connectivity index (χ1n) is 9.14. The average molecular weight is 391 g/mol. The maximum atomic E-state index is 12.9. The van der Waals surface area contributed by atoms with Gasteiger partial charge in [-0.25, -0.2) is 4.98 Å². The average Bonchev–Trinajstić information content (AvgIpc) is 3.09. The summed E-state index contributed by atoms with van der Waals surface area (Å²) < 4.78 is 7.28. The highest BCUT2D eigenvalue weighted by Gasteiger charge is 2.48. The molecule has 0 bridgehead atoms. The number of halogens is 1. The Morgan fingerprint density at radius 3 is 2.74 bits per heavy atom. The zero-order valence-corrected chi connectivity index (χ0v) is 16.3. The Labute approximate surface area is 162 Å².